The Bertz CT molecular complexity index is 1210. The summed E-state index contributed by atoms with van der Waals surface area (Å²) in [4.78, 5) is 35.8. The molecule has 2 rings (SSSR count). The van der Waals surface area contributed by atoms with Gasteiger partial charge in [0.05, 0.1) is 0 Å². The lowest BCUT2D eigenvalue weighted by Crippen LogP contribution is -2.13. The molecule has 0 bridgehead atoms. The van der Waals surface area contributed by atoms with Crippen LogP contribution < -0.4 is 14.2 Å². The van der Waals surface area contributed by atoms with Crippen molar-refractivity contribution in [1.29, 1.82) is 0 Å². The molecule has 0 radical (unpaired) electrons. The second kappa shape index (κ2) is 11.1. The predicted molar refractivity (Wildman–Crippen MR) is 132 cm³/mol. The molecule has 0 saturated carbocycles. The van der Waals surface area contributed by atoms with Gasteiger partial charge < -0.3 is 14.2 Å². The van der Waals surface area contributed by atoms with E-state index < -0.39 is 17.9 Å². The molecular weight excluding hydrogens is 432 g/mol. The molecule has 2 aromatic rings. The van der Waals surface area contributed by atoms with Crippen molar-refractivity contribution in [2.45, 2.75) is 34.6 Å². The van der Waals surface area contributed by atoms with Gasteiger partial charge in [-0.2, -0.15) is 0 Å². The maximum atomic E-state index is 12.1. The van der Waals surface area contributed by atoms with Crippen LogP contribution in [0.1, 0.15) is 45.7 Å². The van der Waals surface area contributed by atoms with Gasteiger partial charge in [-0.25, -0.2) is 14.4 Å². The van der Waals surface area contributed by atoms with Crippen molar-refractivity contribution in [3.63, 3.8) is 0 Å². The van der Waals surface area contributed by atoms with Gasteiger partial charge in [0.15, 0.2) is 11.5 Å². The average Bonchev–Trinajstić information content (AvgIpc) is 2.79. The Hall–Kier alpha value is -4.19. The first-order valence-corrected chi connectivity index (χ1v) is 10.5. The summed E-state index contributed by atoms with van der Waals surface area (Å²) in [5, 5.41) is 0. The molecule has 176 valence electrons. The first-order chi connectivity index (χ1) is 15.9. The Morgan fingerprint density at radius 3 is 1.47 bits per heavy atom. The molecule has 0 heterocycles. The number of rotatable bonds is 8. The molecule has 6 nitrogen and oxygen atoms in total. The molecule has 0 amide bonds. The Labute approximate surface area is 199 Å². The Balaban J connectivity index is 2.41. The second-order valence-electron chi connectivity index (χ2n) is 7.95. The molecule has 0 N–H and O–H groups in total. The van der Waals surface area contributed by atoms with Crippen molar-refractivity contribution in [3.05, 3.63) is 90.0 Å². The van der Waals surface area contributed by atoms with Crippen LogP contribution in [-0.4, -0.2) is 17.9 Å². The highest BCUT2D eigenvalue weighted by atomic mass is 16.6. The third-order valence-electron chi connectivity index (χ3n) is 4.89. The van der Waals surface area contributed by atoms with Crippen LogP contribution in [0, 0.1) is 0 Å². The smallest absolute Gasteiger partial charge is 0.338 e. The van der Waals surface area contributed by atoms with E-state index in [4.69, 9.17) is 14.2 Å². The lowest BCUT2D eigenvalue weighted by molar-refractivity contribution is -0.132. The van der Waals surface area contributed by atoms with Gasteiger partial charge in [0, 0.05) is 16.7 Å². The number of carbonyl (C=O) groups is 3. The molecular formula is C28H28O6. The van der Waals surface area contributed by atoms with Crippen LogP contribution in [0.15, 0.2) is 78.9 Å². The van der Waals surface area contributed by atoms with Gasteiger partial charge in [0.25, 0.3) is 0 Å². The molecule has 0 saturated heterocycles. The number of hydrogen-bond donors (Lipinski definition) is 0. The summed E-state index contributed by atoms with van der Waals surface area (Å²) < 4.78 is 16.0. The van der Waals surface area contributed by atoms with Gasteiger partial charge in [-0.05, 0) is 81.2 Å². The summed E-state index contributed by atoms with van der Waals surface area (Å²) in [6.07, 6.45) is 0. The molecule has 0 aliphatic rings. The van der Waals surface area contributed by atoms with Crippen LogP contribution in [0.5, 0.6) is 17.2 Å². The first-order valence-electron chi connectivity index (χ1n) is 10.5. The van der Waals surface area contributed by atoms with Crippen LogP contribution in [0.4, 0.5) is 0 Å². The Morgan fingerprint density at radius 1 is 0.559 bits per heavy atom. The molecule has 6 heteroatoms. The van der Waals surface area contributed by atoms with Gasteiger partial charge in [0.1, 0.15) is 5.75 Å². The van der Waals surface area contributed by atoms with Crippen LogP contribution in [0.2, 0.25) is 0 Å². The third-order valence-corrected chi connectivity index (χ3v) is 4.89. The topological polar surface area (TPSA) is 78.9 Å². The zero-order valence-electron chi connectivity index (χ0n) is 20.1. The van der Waals surface area contributed by atoms with E-state index in [1.807, 2.05) is 26.0 Å². The summed E-state index contributed by atoms with van der Waals surface area (Å²) >= 11 is 0. The molecule has 0 aromatic heterocycles. The van der Waals surface area contributed by atoms with Gasteiger partial charge in [-0.1, -0.05) is 37.9 Å². The van der Waals surface area contributed by atoms with Gasteiger partial charge in [0.2, 0.25) is 0 Å². The molecule has 0 fully saturated rings. The Morgan fingerprint density at radius 2 is 0.971 bits per heavy atom. The maximum absolute atomic E-state index is 12.1. The highest BCUT2D eigenvalue weighted by molar-refractivity contribution is 5.93. The quantitative estimate of drug-likeness (QED) is 0.206. The normalized spacial score (nSPS) is 11.1. The van der Waals surface area contributed by atoms with Gasteiger partial charge in [-0.15, -0.1) is 0 Å². The average molecular weight is 461 g/mol. The van der Waals surface area contributed by atoms with E-state index in [0.29, 0.717) is 11.3 Å². The van der Waals surface area contributed by atoms with E-state index in [1.165, 1.54) is 13.8 Å². The molecule has 0 aliphatic heterocycles. The predicted octanol–water partition coefficient (Wildman–Crippen LogP) is 6.08. The fourth-order valence-electron chi connectivity index (χ4n) is 2.68. The number of ether oxygens (including phenoxy) is 3. The highest BCUT2D eigenvalue weighted by Gasteiger charge is 2.17. The van der Waals surface area contributed by atoms with Crippen molar-refractivity contribution < 1.29 is 28.6 Å². The van der Waals surface area contributed by atoms with E-state index in [2.05, 4.69) is 19.7 Å². The summed E-state index contributed by atoms with van der Waals surface area (Å²) in [7, 11) is 0. The third kappa shape index (κ3) is 6.65. The summed E-state index contributed by atoms with van der Waals surface area (Å²) in [5.41, 5.74) is 4.25. The van der Waals surface area contributed by atoms with E-state index >= 15 is 0 Å². The number of benzene rings is 2. The van der Waals surface area contributed by atoms with Crippen molar-refractivity contribution in [3.8, 4) is 17.2 Å². The number of allylic oxidation sites excluding steroid dienone is 2. The summed E-state index contributed by atoms with van der Waals surface area (Å²) in [6, 6.07) is 12.0. The number of hydrogen-bond acceptors (Lipinski definition) is 6. The van der Waals surface area contributed by atoms with Gasteiger partial charge in [-0.3, -0.25) is 0 Å². The summed E-state index contributed by atoms with van der Waals surface area (Å²) in [6.45, 7) is 19.2. The zero-order chi connectivity index (χ0) is 25.6. The fraction of sp³-hybridized carbons (Fsp3) is 0.179. The Kier molecular flexibility index (Phi) is 8.51. The van der Waals surface area contributed by atoms with E-state index in [-0.39, 0.29) is 22.6 Å². The van der Waals surface area contributed by atoms with E-state index in [9.17, 15) is 14.4 Å². The highest BCUT2D eigenvalue weighted by Crippen LogP contribution is 2.34. The van der Waals surface area contributed by atoms with Crippen LogP contribution in [0.25, 0.3) is 11.1 Å². The minimum Gasteiger partial charge on any atom is -0.423 e. The van der Waals surface area contributed by atoms with E-state index in [1.54, 1.807) is 37.3 Å². The van der Waals surface area contributed by atoms with Crippen LogP contribution in [-0.2, 0) is 14.4 Å². The fourth-order valence-corrected chi connectivity index (χ4v) is 2.68. The van der Waals surface area contributed by atoms with Crippen LogP contribution in [0.3, 0.4) is 0 Å². The minimum atomic E-state index is -0.636. The summed E-state index contributed by atoms with van der Waals surface area (Å²) in [5.74, 6) is -1.14. The largest absolute Gasteiger partial charge is 0.423 e. The monoisotopic (exact) mass is 460 g/mol. The van der Waals surface area contributed by atoms with E-state index in [0.717, 1.165) is 22.3 Å². The van der Waals surface area contributed by atoms with Crippen molar-refractivity contribution in [2.75, 3.05) is 0 Å². The zero-order valence-corrected chi connectivity index (χ0v) is 20.1. The first kappa shape index (κ1) is 26.1. The second-order valence-corrected chi connectivity index (χ2v) is 7.95. The lowest BCUT2D eigenvalue weighted by Gasteiger charge is -2.14. The molecule has 34 heavy (non-hydrogen) atoms. The lowest BCUT2D eigenvalue weighted by atomic mass is 9.96. The number of esters is 3. The maximum Gasteiger partial charge on any atom is 0.338 e. The molecule has 0 unspecified atom stereocenters. The standard InChI is InChI=1S/C28H28O6/c1-16(2)26(29)32-23-12-9-21(10-13-23)19(7)20(8)22-11-14-24(33-27(30)17(3)4)25(15-22)34-28(31)18(5)6/h9-15H,1,3,5H2,2,4,6-8H3. The number of carbonyl (C=O) groups excluding carboxylic acids is 3. The van der Waals surface area contributed by atoms with Crippen molar-refractivity contribution in [1.82, 2.24) is 0 Å². The van der Waals surface area contributed by atoms with Crippen molar-refractivity contribution in [2.24, 2.45) is 0 Å². The molecule has 0 atom stereocenters. The minimum absolute atomic E-state index is 0.0919. The SMILES string of the molecule is C=C(C)C(=O)Oc1ccc(C(C)=C(C)c2ccc(OC(=O)C(=C)C)c(OC(=O)C(=C)C)c2)cc1. The molecule has 0 spiro atoms. The molecule has 2 aromatic carbocycles. The van der Waals surface area contributed by atoms with Crippen molar-refractivity contribution >= 4 is 29.1 Å². The van der Waals surface area contributed by atoms with Gasteiger partial charge >= 0.3 is 17.9 Å². The molecule has 0 aliphatic carbocycles. The van der Waals surface area contributed by atoms with Crippen LogP contribution >= 0.6 is 0 Å².